The van der Waals surface area contributed by atoms with E-state index in [4.69, 9.17) is 17.3 Å². The molecule has 144 valence electrons. The van der Waals surface area contributed by atoms with Crippen LogP contribution in [-0.4, -0.2) is 36.6 Å². The zero-order valence-electron chi connectivity index (χ0n) is 12.6. The highest BCUT2D eigenvalue weighted by molar-refractivity contribution is 7.94. The van der Waals surface area contributed by atoms with Gasteiger partial charge in [0.25, 0.3) is 0 Å². The molecule has 0 aromatic heterocycles. The topological polar surface area (TPSA) is 77.2 Å². The molecule has 24 heavy (non-hydrogen) atoms. The number of halogens is 7. The van der Waals surface area contributed by atoms with Gasteiger partial charge in [-0.15, -0.1) is 11.6 Å². The number of primary amides is 1. The first-order valence-electron chi connectivity index (χ1n) is 6.96. The highest BCUT2D eigenvalue weighted by Crippen LogP contribution is 2.45. The predicted octanol–water partition coefficient (Wildman–Crippen LogP) is 3.53. The van der Waals surface area contributed by atoms with Crippen molar-refractivity contribution in [3.05, 3.63) is 0 Å². The monoisotopic (exact) mass is 405 g/mol. The van der Waals surface area contributed by atoms with Gasteiger partial charge in [-0.25, -0.2) is 8.42 Å². The number of sulfone groups is 1. The largest absolute Gasteiger partial charge is 0.402 e. The number of carbonyl (C=O) groups is 1. The van der Waals surface area contributed by atoms with Crippen LogP contribution in [0.4, 0.5) is 26.3 Å². The van der Waals surface area contributed by atoms with Gasteiger partial charge in [0, 0.05) is 0 Å². The molecule has 0 heterocycles. The van der Waals surface area contributed by atoms with E-state index in [1.165, 1.54) is 0 Å². The van der Waals surface area contributed by atoms with Crippen LogP contribution >= 0.6 is 11.6 Å². The van der Waals surface area contributed by atoms with Crippen LogP contribution in [0.1, 0.15) is 39.0 Å². The Morgan fingerprint density at radius 1 is 1.04 bits per heavy atom. The molecule has 12 heteroatoms. The van der Waals surface area contributed by atoms with Crippen LogP contribution in [0.5, 0.6) is 0 Å². The second-order valence-electron chi connectivity index (χ2n) is 5.24. The van der Waals surface area contributed by atoms with Gasteiger partial charge in [0.2, 0.25) is 5.91 Å². The smallest absolute Gasteiger partial charge is 0.369 e. The van der Waals surface area contributed by atoms with Gasteiger partial charge < -0.3 is 5.73 Å². The Bertz CT molecular complexity index is 506. The Kier molecular flexibility index (Phi) is 8.34. The minimum Gasteiger partial charge on any atom is -0.369 e. The lowest BCUT2D eigenvalue weighted by Crippen LogP contribution is -2.50. The molecule has 0 aromatic carbocycles. The van der Waals surface area contributed by atoms with Crippen LogP contribution in [0.3, 0.4) is 0 Å². The summed E-state index contributed by atoms with van der Waals surface area (Å²) in [5.74, 6) is -5.84. The molecule has 0 aliphatic heterocycles. The molecule has 2 unspecified atom stereocenters. The average molecular weight is 406 g/mol. The first-order chi connectivity index (χ1) is 10.7. The summed E-state index contributed by atoms with van der Waals surface area (Å²) < 4.78 is 96.5. The number of nitrogens with two attached hydrogens (primary N) is 1. The fourth-order valence-corrected chi connectivity index (χ4v) is 4.53. The molecule has 2 atom stereocenters. The van der Waals surface area contributed by atoms with E-state index >= 15 is 0 Å². The molecule has 1 amide bonds. The lowest BCUT2D eigenvalue weighted by molar-refractivity contribution is -0.279. The van der Waals surface area contributed by atoms with Crippen molar-refractivity contribution in [2.45, 2.75) is 61.3 Å². The summed E-state index contributed by atoms with van der Waals surface area (Å²) in [5, 5.41) is -2.20. The van der Waals surface area contributed by atoms with Gasteiger partial charge in [0.1, 0.15) is 5.25 Å². The van der Waals surface area contributed by atoms with E-state index in [1.807, 2.05) is 6.92 Å². The minimum atomic E-state index is -5.94. The van der Waals surface area contributed by atoms with Crippen LogP contribution < -0.4 is 5.73 Å². The molecule has 0 aliphatic rings. The standard InChI is InChI=1S/C12H18ClF6NO3S/c1-2-3-4-5-6-7(10(20)21)24(22,23)9(13)8(11(14,15)16)12(17,18)19/h7-9H,2-6H2,1H3,(H2,20,21). The number of carbonyl (C=O) groups excluding carboxylic acids is 1. The zero-order valence-corrected chi connectivity index (χ0v) is 14.2. The molecule has 0 saturated carbocycles. The van der Waals surface area contributed by atoms with E-state index in [9.17, 15) is 39.6 Å². The van der Waals surface area contributed by atoms with Crippen LogP contribution in [0, 0.1) is 5.92 Å². The molecule has 0 spiro atoms. The molecular formula is C12H18ClF6NO3S. The van der Waals surface area contributed by atoms with Crippen molar-refractivity contribution in [3.8, 4) is 0 Å². The fraction of sp³-hybridized carbons (Fsp3) is 0.917. The Labute approximate surface area is 140 Å². The summed E-state index contributed by atoms with van der Waals surface area (Å²) >= 11 is 5.05. The third-order valence-corrected chi connectivity index (χ3v) is 6.47. The number of unbranched alkanes of at least 4 members (excludes halogenated alkanes) is 3. The number of hydrogen-bond acceptors (Lipinski definition) is 3. The number of rotatable bonds is 9. The van der Waals surface area contributed by atoms with Crippen LogP contribution in [-0.2, 0) is 14.6 Å². The first kappa shape index (κ1) is 23.3. The highest BCUT2D eigenvalue weighted by Gasteiger charge is 2.64. The van der Waals surface area contributed by atoms with Gasteiger partial charge >= 0.3 is 12.4 Å². The summed E-state index contributed by atoms with van der Waals surface area (Å²) in [6.45, 7) is 1.83. The highest BCUT2D eigenvalue weighted by atomic mass is 35.5. The van der Waals surface area contributed by atoms with Crippen molar-refractivity contribution in [2.75, 3.05) is 0 Å². The lowest BCUT2D eigenvalue weighted by atomic mass is 10.1. The van der Waals surface area contributed by atoms with Gasteiger partial charge in [-0.1, -0.05) is 32.6 Å². The van der Waals surface area contributed by atoms with Gasteiger partial charge in [0.15, 0.2) is 20.5 Å². The predicted molar refractivity (Wildman–Crippen MR) is 75.9 cm³/mol. The van der Waals surface area contributed by atoms with Crippen LogP contribution in [0.2, 0.25) is 0 Å². The van der Waals surface area contributed by atoms with Crippen molar-refractivity contribution in [1.29, 1.82) is 0 Å². The van der Waals surface area contributed by atoms with E-state index in [1.54, 1.807) is 0 Å². The van der Waals surface area contributed by atoms with Gasteiger partial charge in [0.05, 0.1) is 0 Å². The van der Waals surface area contributed by atoms with E-state index in [0.717, 1.165) is 6.42 Å². The SMILES string of the molecule is CCCCCCC(C(N)=O)S(=O)(=O)C(Cl)C(C(F)(F)F)C(F)(F)F. The second kappa shape index (κ2) is 8.59. The fourth-order valence-electron chi connectivity index (χ4n) is 2.05. The minimum absolute atomic E-state index is 0.104. The second-order valence-corrected chi connectivity index (χ2v) is 8.23. The Morgan fingerprint density at radius 3 is 1.83 bits per heavy atom. The molecule has 0 aromatic rings. The molecule has 0 aliphatic carbocycles. The lowest BCUT2D eigenvalue weighted by Gasteiger charge is -2.28. The molecule has 0 fully saturated rings. The van der Waals surface area contributed by atoms with Crippen molar-refractivity contribution in [1.82, 2.24) is 0 Å². The quantitative estimate of drug-likeness (QED) is 0.362. The molecule has 0 radical (unpaired) electrons. The summed E-state index contributed by atoms with van der Waals surface area (Å²) in [6, 6.07) is 0. The van der Waals surface area contributed by atoms with Gasteiger partial charge in [-0.3, -0.25) is 4.79 Å². The number of amides is 1. The van der Waals surface area contributed by atoms with Crippen molar-refractivity contribution in [2.24, 2.45) is 11.7 Å². The maximum absolute atomic E-state index is 12.6. The molecule has 4 nitrogen and oxygen atoms in total. The van der Waals surface area contributed by atoms with Gasteiger partial charge in [-0.2, -0.15) is 26.3 Å². The third-order valence-electron chi connectivity index (χ3n) is 3.31. The van der Waals surface area contributed by atoms with E-state index < -0.39 is 50.4 Å². The number of alkyl halides is 7. The molecule has 0 bridgehead atoms. The van der Waals surface area contributed by atoms with Gasteiger partial charge in [-0.05, 0) is 6.42 Å². The van der Waals surface area contributed by atoms with Crippen molar-refractivity contribution < 1.29 is 39.6 Å². The Morgan fingerprint density at radius 2 is 1.50 bits per heavy atom. The van der Waals surface area contributed by atoms with E-state index in [0.29, 0.717) is 12.8 Å². The van der Waals surface area contributed by atoms with Crippen LogP contribution in [0.25, 0.3) is 0 Å². The summed E-state index contributed by atoms with van der Waals surface area (Å²) in [4.78, 5) is 11.3. The average Bonchev–Trinajstić information content (AvgIpc) is 2.34. The van der Waals surface area contributed by atoms with E-state index in [2.05, 4.69) is 0 Å². The summed E-state index contributed by atoms with van der Waals surface area (Å²) in [7, 11) is -5.30. The Hall–Kier alpha value is -0.710. The normalized spacial score (nSPS) is 16.2. The first-order valence-corrected chi connectivity index (χ1v) is 9.01. The zero-order chi connectivity index (χ0) is 19.3. The van der Waals surface area contributed by atoms with Crippen LogP contribution in [0.15, 0.2) is 0 Å². The summed E-state index contributed by atoms with van der Waals surface area (Å²) in [6.07, 6.45) is -10.4. The maximum atomic E-state index is 12.6. The summed E-state index contributed by atoms with van der Waals surface area (Å²) in [5.41, 5.74) is 4.85. The van der Waals surface area contributed by atoms with E-state index in [-0.39, 0.29) is 6.42 Å². The molecule has 2 N–H and O–H groups in total. The third kappa shape index (κ3) is 6.30. The Balaban J connectivity index is 5.58. The van der Waals surface area contributed by atoms with Crippen molar-refractivity contribution >= 4 is 27.3 Å². The van der Waals surface area contributed by atoms with Crippen molar-refractivity contribution in [3.63, 3.8) is 0 Å². The maximum Gasteiger partial charge on any atom is 0.402 e. The molecule has 0 rings (SSSR count). The molecular weight excluding hydrogens is 388 g/mol. The number of hydrogen-bond donors (Lipinski definition) is 1. The molecule has 0 saturated heterocycles.